The number of halogens is 3. The molecule has 1 aromatic heterocycles. The van der Waals surface area contributed by atoms with Crippen LogP contribution in [0, 0.1) is 0 Å². The fraction of sp³-hybridized carbons (Fsp3) is 0.167. The predicted molar refractivity (Wildman–Crippen MR) is 85.9 cm³/mol. The molecule has 2 aromatic rings. The van der Waals surface area contributed by atoms with E-state index in [0.717, 1.165) is 11.3 Å². The standard InChI is InChI=1S/C12H10Cl3NO3S2/c13-7-1-2-8(9(14)5-7)10(17)6-16-21(18,19)12-4-3-11(15)20-12/h1-5,10,16-17H,6H2. The molecule has 0 spiro atoms. The molecule has 2 N–H and O–H groups in total. The molecule has 0 aliphatic carbocycles. The van der Waals surface area contributed by atoms with Gasteiger partial charge < -0.3 is 5.11 Å². The number of aliphatic hydroxyl groups is 1. The third kappa shape index (κ3) is 4.32. The highest BCUT2D eigenvalue weighted by Gasteiger charge is 2.19. The van der Waals surface area contributed by atoms with Crippen LogP contribution in [0.2, 0.25) is 14.4 Å². The summed E-state index contributed by atoms with van der Waals surface area (Å²) < 4.78 is 26.8. The minimum atomic E-state index is -3.71. The van der Waals surface area contributed by atoms with Gasteiger partial charge >= 0.3 is 0 Å². The van der Waals surface area contributed by atoms with Gasteiger partial charge in [0.25, 0.3) is 0 Å². The Labute approximate surface area is 141 Å². The van der Waals surface area contributed by atoms with Gasteiger partial charge in [0.15, 0.2) is 0 Å². The maximum absolute atomic E-state index is 12.0. The zero-order valence-corrected chi connectivity index (χ0v) is 14.3. The second kappa shape index (κ2) is 6.83. The molecule has 0 amide bonds. The van der Waals surface area contributed by atoms with Crippen molar-refractivity contribution in [2.24, 2.45) is 0 Å². The van der Waals surface area contributed by atoms with E-state index < -0.39 is 16.1 Å². The summed E-state index contributed by atoms with van der Waals surface area (Å²) in [6, 6.07) is 7.49. The van der Waals surface area contributed by atoms with Gasteiger partial charge in [-0.3, -0.25) is 0 Å². The summed E-state index contributed by atoms with van der Waals surface area (Å²) in [4.78, 5) is 0. The number of rotatable bonds is 5. The van der Waals surface area contributed by atoms with Crippen LogP contribution in [0.1, 0.15) is 11.7 Å². The Morgan fingerprint density at radius 3 is 2.48 bits per heavy atom. The van der Waals surface area contributed by atoms with Crippen LogP contribution in [0.4, 0.5) is 0 Å². The molecule has 114 valence electrons. The van der Waals surface area contributed by atoms with E-state index in [1.54, 1.807) is 12.1 Å². The lowest BCUT2D eigenvalue weighted by Gasteiger charge is -2.13. The van der Waals surface area contributed by atoms with E-state index in [-0.39, 0.29) is 15.8 Å². The van der Waals surface area contributed by atoms with Crippen molar-refractivity contribution < 1.29 is 13.5 Å². The first-order valence-corrected chi connectivity index (χ1v) is 9.11. The summed E-state index contributed by atoms with van der Waals surface area (Å²) in [6.45, 7) is -0.209. The molecular formula is C12H10Cl3NO3S2. The average molecular weight is 387 g/mol. The van der Waals surface area contributed by atoms with E-state index in [4.69, 9.17) is 34.8 Å². The second-order valence-corrected chi connectivity index (χ2v) is 8.64. The zero-order valence-electron chi connectivity index (χ0n) is 10.4. The van der Waals surface area contributed by atoms with Gasteiger partial charge in [-0.2, -0.15) is 0 Å². The summed E-state index contributed by atoms with van der Waals surface area (Å²) in [6.07, 6.45) is -1.08. The Hall–Kier alpha value is -0.340. The Morgan fingerprint density at radius 2 is 1.90 bits per heavy atom. The van der Waals surface area contributed by atoms with Gasteiger partial charge in [0.05, 0.1) is 10.4 Å². The van der Waals surface area contributed by atoms with Crippen LogP contribution >= 0.6 is 46.1 Å². The number of sulfonamides is 1. The van der Waals surface area contributed by atoms with Crippen LogP contribution in [0.25, 0.3) is 0 Å². The van der Waals surface area contributed by atoms with Gasteiger partial charge in [0.2, 0.25) is 10.0 Å². The lowest BCUT2D eigenvalue weighted by Crippen LogP contribution is -2.28. The minimum Gasteiger partial charge on any atom is -0.387 e. The van der Waals surface area contributed by atoms with E-state index in [1.165, 1.54) is 18.2 Å². The highest BCUT2D eigenvalue weighted by Crippen LogP contribution is 2.28. The number of aliphatic hydroxyl groups excluding tert-OH is 1. The van der Waals surface area contributed by atoms with E-state index in [0.29, 0.717) is 14.9 Å². The smallest absolute Gasteiger partial charge is 0.250 e. The molecule has 1 heterocycles. The minimum absolute atomic E-state index is 0.0851. The molecule has 0 aliphatic rings. The third-order valence-corrected chi connectivity index (χ3v) is 6.31. The molecule has 21 heavy (non-hydrogen) atoms. The monoisotopic (exact) mass is 385 g/mol. The number of benzene rings is 1. The average Bonchev–Trinajstić information content (AvgIpc) is 2.84. The summed E-state index contributed by atoms with van der Waals surface area (Å²) in [5.74, 6) is 0. The van der Waals surface area contributed by atoms with Crippen LogP contribution < -0.4 is 4.72 Å². The lowest BCUT2D eigenvalue weighted by molar-refractivity contribution is 0.182. The fourth-order valence-electron chi connectivity index (χ4n) is 1.58. The zero-order chi connectivity index (χ0) is 15.6. The largest absolute Gasteiger partial charge is 0.387 e. The van der Waals surface area contributed by atoms with Gasteiger partial charge in [-0.1, -0.05) is 40.9 Å². The van der Waals surface area contributed by atoms with Gasteiger partial charge in [-0.25, -0.2) is 13.1 Å². The SMILES string of the molecule is O=S(=O)(NCC(O)c1ccc(Cl)cc1Cl)c1ccc(Cl)s1. The summed E-state index contributed by atoms with van der Waals surface area (Å²) in [7, 11) is -3.71. The molecule has 0 fully saturated rings. The van der Waals surface area contributed by atoms with Crippen LogP contribution in [0.15, 0.2) is 34.5 Å². The van der Waals surface area contributed by atoms with Gasteiger partial charge in [-0.05, 0) is 24.3 Å². The van der Waals surface area contributed by atoms with Crippen LogP contribution in [0.3, 0.4) is 0 Å². The molecule has 0 bridgehead atoms. The molecule has 1 unspecified atom stereocenters. The number of thiophene rings is 1. The first-order chi connectivity index (χ1) is 9.79. The van der Waals surface area contributed by atoms with Crippen molar-refractivity contribution in [2.75, 3.05) is 6.54 Å². The molecule has 0 radical (unpaired) electrons. The normalized spacial score (nSPS) is 13.3. The van der Waals surface area contributed by atoms with Gasteiger partial charge in [0.1, 0.15) is 4.21 Å². The summed E-state index contributed by atoms with van der Waals surface area (Å²) >= 11 is 18.4. The molecule has 0 saturated carbocycles. The van der Waals surface area contributed by atoms with Crippen molar-refractivity contribution in [1.29, 1.82) is 0 Å². The lowest BCUT2D eigenvalue weighted by atomic mass is 10.1. The van der Waals surface area contributed by atoms with Gasteiger partial charge in [-0.15, -0.1) is 11.3 Å². The summed E-state index contributed by atoms with van der Waals surface area (Å²) in [5.41, 5.74) is 0.396. The Bertz CT molecular complexity index is 746. The van der Waals surface area contributed by atoms with Crippen molar-refractivity contribution in [3.05, 3.63) is 50.3 Å². The van der Waals surface area contributed by atoms with Crippen LogP contribution in [-0.2, 0) is 10.0 Å². The highest BCUT2D eigenvalue weighted by molar-refractivity contribution is 7.91. The predicted octanol–water partition coefficient (Wildman–Crippen LogP) is 3.72. The van der Waals surface area contributed by atoms with E-state index in [2.05, 4.69) is 4.72 Å². The third-order valence-electron chi connectivity index (χ3n) is 2.60. The molecule has 4 nitrogen and oxygen atoms in total. The Morgan fingerprint density at radius 1 is 1.19 bits per heavy atom. The Kier molecular flexibility index (Phi) is 5.54. The maximum atomic E-state index is 12.0. The quantitative estimate of drug-likeness (QED) is 0.823. The topological polar surface area (TPSA) is 66.4 Å². The Balaban J connectivity index is 2.08. The van der Waals surface area contributed by atoms with Crippen molar-refractivity contribution in [2.45, 2.75) is 10.3 Å². The molecule has 9 heteroatoms. The number of nitrogens with one attached hydrogen (secondary N) is 1. The van der Waals surface area contributed by atoms with Crippen molar-refractivity contribution in [1.82, 2.24) is 4.72 Å². The van der Waals surface area contributed by atoms with Crippen molar-refractivity contribution in [3.63, 3.8) is 0 Å². The van der Waals surface area contributed by atoms with E-state index in [1.807, 2.05) is 0 Å². The van der Waals surface area contributed by atoms with E-state index in [9.17, 15) is 13.5 Å². The molecule has 0 saturated heterocycles. The van der Waals surface area contributed by atoms with Crippen LogP contribution in [0.5, 0.6) is 0 Å². The number of hydrogen-bond donors (Lipinski definition) is 2. The van der Waals surface area contributed by atoms with Crippen LogP contribution in [-0.4, -0.2) is 20.1 Å². The van der Waals surface area contributed by atoms with E-state index >= 15 is 0 Å². The molecule has 2 rings (SSSR count). The number of hydrogen-bond acceptors (Lipinski definition) is 4. The molecule has 0 aliphatic heterocycles. The maximum Gasteiger partial charge on any atom is 0.250 e. The molecule has 1 atom stereocenters. The fourth-order valence-corrected chi connectivity index (χ4v) is 4.68. The molecule has 1 aromatic carbocycles. The highest BCUT2D eigenvalue weighted by atomic mass is 35.5. The second-order valence-electron chi connectivity index (χ2n) is 4.09. The van der Waals surface area contributed by atoms with Crippen molar-refractivity contribution in [3.8, 4) is 0 Å². The van der Waals surface area contributed by atoms with Crippen molar-refractivity contribution >= 4 is 56.2 Å². The first kappa shape index (κ1) is 17.0. The van der Waals surface area contributed by atoms with Gasteiger partial charge in [0, 0.05) is 22.2 Å². The molecular weight excluding hydrogens is 377 g/mol. The summed E-state index contributed by atoms with van der Waals surface area (Å²) in [5, 5.41) is 10.7. The first-order valence-electron chi connectivity index (χ1n) is 5.67.